The van der Waals surface area contributed by atoms with Gasteiger partial charge in [0.1, 0.15) is 11.3 Å². The average molecular weight is 388 g/mol. The van der Waals surface area contributed by atoms with Crippen molar-refractivity contribution in [3.05, 3.63) is 59.7 Å². The fourth-order valence-electron chi connectivity index (χ4n) is 4.81. The van der Waals surface area contributed by atoms with Crippen molar-refractivity contribution in [2.45, 2.75) is 52.1 Å². The van der Waals surface area contributed by atoms with Gasteiger partial charge in [-0.2, -0.15) is 0 Å². The lowest BCUT2D eigenvalue weighted by molar-refractivity contribution is 0.179. The molecule has 3 aromatic heterocycles. The molecule has 0 bridgehead atoms. The summed E-state index contributed by atoms with van der Waals surface area (Å²) in [6, 6.07) is 13.2. The predicted octanol–water partition coefficient (Wildman–Crippen LogP) is 5.18. The number of piperidine rings is 1. The largest absolute Gasteiger partial charge is 0.358 e. The lowest BCUT2D eigenvalue weighted by Gasteiger charge is -2.33. The van der Waals surface area contributed by atoms with Crippen molar-refractivity contribution in [2.75, 3.05) is 13.1 Å². The number of pyridine rings is 1. The van der Waals surface area contributed by atoms with E-state index in [9.17, 15) is 0 Å². The molecule has 1 N–H and O–H groups in total. The molecule has 150 valence electrons. The van der Waals surface area contributed by atoms with E-state index < -0.39 is 0 Å². The molecule has 5 rings (SSSR count). The number of imidazole rings is 1. The van der Waals surface area contributed by atoms with Crippen LogP contribution >= 0.6 is 0 Å². The van der Waals surface area contributed by atoms with Gasteiger partial charge in [-0.25, -0.2) is 9.97 Å². The molecule has 0 saturated carbocycles. The van der Waals surface area contributed by atoms with E-state index >= 15 is 0 Å². The van der Waals surface area contributed by atoms with E-state index in [4.69, 9.17) is 4.98 Å². The number of H-pyrrole nitrogens is 1. The second-order valence-corrected chi connectivity index (χ2v) is 8.62. The van der Waals surface area contributed by atoms with E-state index in [2.05, 4.69) is 70.5 Å². The number of rotatable bonds is 4. The smallest absolute Gasteiger partial charge is 0.160 e. The van der Waals surface area contributed by atoms with Crippen molar-refractivity contribution in [2.24, 2.45) is 0 Å². The summed E-state index contributed by atoms with van der Waals surface area (Å²) in [5.74, 6) is 1.57. The summed E-state index contributed by atoms with van der Waals surface area (Å²) >= 11 is 0. The molecule has 1 aliphatic heterocycles. The van der Waals surface area contributed by atoms with Gasteiger partial charge >= 0.3 is 0 Å². The number of aromatic nitrogens is 4. The third-order valence-corrected chi connectivity index (χ3v) is 6.32. The molecule has 1 aromatic carbocycles. The normalized spacial score (nSPS) is 16.4. The molecule has 1 aliphatic rings. The molecular weight excluding hydrogens is 358 g/mol. The number of fused-ring (bicyclic) bond motifs is 2. The number of hydrogen-bond donors (Lipinski definition) is 1. The van der Waals surface area contributed by atoms with Crippen molar-refractivity contribution < 1.29 is 0 Å². The number of aryl methyl sites for hydroxylation is 1. The highest BCUT2D eigenvalue weighted by Crippen LogP contribution is 2.32. The molecular formula is C24H29N5. The van der Waals surface area contributed by atoms with Crippen molar-refractivity contribution in [3.63, 3.8) is 0 Å². The van der Waals surface area contributed by atoms with Crippen LogP contribution in [-0.2, 0) is 6.54 Å². The van der Waals surface area contributed by atoms with Crippen LogP contribution in [0.15, 0.2) is 42.6 Å². The Bertz CT molecular complexity index is 1140. The number of para-hydroxylation sites is 1. The van der Waals surface area contributed by atoms with Crippen LogP contribution < -0.4 is 0 Å². The Morgan fingerprint density at radius 3 is 2.69 bits per heavy atom. The van der Waals surface area contributed by atoms with Crippen LogP contribution in [0.5, 0.6) is 0 Å². The maximum atomic E-state index is 4.90. The summed E-state index contributed by atoms with van der Waals surface area (Å²) in [6.07, 6.45) is 4.17. The maximum absolute atomic E-state index is 4.90. The fourth-order valence-corrected chi connectivity index (χ4v) is 4.81. The Hall–Kier alpha value is -2.66. The molecule has 0 radical (unpaired) electrons. The molecule has 1 saturated heterocycles. The van der Waals surface area contributed by atoms with Crippen molar-refractivity contribution in [1.82, 2.24) is 24.4 Å². The number of aromatic amines is 1. The van der Waals surface area contributed by atoms with Crippen LogP contribution in [0.25, 0.3) is 22.1 Å². The Balaban J connectivity index is 1.36. The molecule has 4 heterocycles. The molecule has 4 aromatic rings. The lowest BCUT2D eigenvalue weighted by atomic mass is 10.0. The minimum absolute atomic E-state index is 0.399. The highest BCUT2D eigenvalue weighted by atomic mass is 15.2. The number of benzene rings is 1. The van der Waals surface area contributed by atoms with Gasteiger partial charge in [-0.05, 0) is 43.5 Å². The standard InChI is InChI=1S/C24H29N5/c1-16(2)23-27-22-9-6-12-25-24(22)29(23)18-10-13-28(14-11-18)15-20-17(3)26-21-8-5-4-7-19(20)21/h4-9,12,16,18,26H,10-11,13-15H2,1-3H3. The average Bonchev–Trinajstić information content (AvgIpc) is 3.27. The summed E-state index contributed by atoms with van der Waals surface area (Å²) in [7, 11) is 0. The zero-order valence-corrected chi connectivity index (χ0v) is 17.5. The number of likely N-dealkylation sites (tertiary alicyclic amines) is 1. The second kappa shape index (κ2) is 7.30. The molecule has 0 spiro atoms. The van der Waals surface area contributed by atoms with E-state index in [0.717, 1.165) is 43.6 Å². The minimum Gasteiger partial charge on any atom is -0.358 e. The molecule has 29 heavy (non-hydrogen) atoms. The van der Waals surface area contributed by atoms with Gasteiger partial charge in [0.2, 0.25) is 0 Å². The Morgan fingerprint density at radius 1 is 1.10 bits per heavy atom. The Labute approximate surface area is 171 Å². The van der Waals surface area contributed by atoms with Crippen molar-refractivity contribution in [1.29, 1.82) is 0 Å². The van der Waals surface area contributed by atoms with Crippen LogP contribution in [-0.4, -0.2) is 37.5 Å². The minimum atomic E-state index is 0.399. The topological polar surface area (TPSA) is 49.7 Å². The Kier molecular flexibility index (Phi) is 4.63. The monoisotopic (exact) mass is 387 g/mol. The highest BCUT2D eigenvalue weighted by Gasteiger charge is 2.26. The van der Waals surface area contributed by atoms with E-state index in [0.29, 0.717) is 12.0 Å². The zero-order chi connectivity index (χ0) is 20.0. The maximum Gasteiger partial charge on any atom is 0.160 e. The van der Waals surface area contributed by atoms with Gasteiger partial charge in [-0.1, -0.05) is 32.0 Å². The fraction of sp³-hybridized carbons (Fsp3) is 0.417. The number of nitrogens with zero attached hydrogens (tertiary/aromatic N) is 4. The summed E-state index contributed by atoms with van der Waals surface area (Å²) < 4.78 is 2.42. The molecule has 5 nitrogen and oxygen atoms in total. The van der Waals surface area contributed by atoms with E-state index in [1.807, 2.05) is 12.3 Å². The summed E-state index contributed by atoms with van der Waals surface area (Å²) in [5.41, 5.74) is 6.04. The summed E-state index contributed by atoms with van der Waals surface area (Å²) in [4.78, 5) is 15.7. The second-order valence-electron chi connectivity index (χ2n) is 8.62. The van der Waals surface area contributed by atoms with Gasteiger partial charge in [-0.15, -0.1) is 0 Å². The summed E-state index contributed by atoms with van der Waals surface area (Å²) in [6.45, 7) is 9.88. The van der Waals surface area contributed by atoms with Crippen LogP contribution in [0, 0.1) is 6.92 Å². The van der Waals surface area contributed by atoms with Crippen LogP contribution in [0.3, 0.4) is 0 Å². The first-order valence-electron chi connectivity index (χ1n) is 10.7. The van der Waals surface area contributed by atoms with Gasteiger partial charge in [0.05, 0.1) is 0 Å². The van der Waals surface area contributed by atoms with Gasteiger partial charge in [0.15, 0.2) is 5.65 Å². The number of nitrogens with one attached hydrogen (secondary N) is 1. The first-order valence-corrected chi connectivity index (χ1v) is 10.7. The summed E-state index contributed by atoms with van der Waals surface area (Å²) in [5, 5.41) is 1.36. The quantitative estimate of drug-likeness (QED) is 0.525. The van der Waals surface area contributed by atoms with Crippen LogP contribution in [0.4, 0.5) is 0 Å². The number of hydrogen-bond acceptors (Lipinski definition) is 3. The predicted molar refractivity (Wildman–Crippen MR) is 118 cm³/mol. The third kappa shape index (κ3) is 3.23. The van der Waals surface area contributed by atoms with Gasteiger partial charge in [-0.3, -0.25) is 4.90 Å². The first kappa shape index (κ1) is 18.4. The van der Waals surface area contributed by atoms with E-state index in [1.54, 1.807) is 0 Å². The zero-order valence-electron chi connectivity index (χ0n) is 17.5. The first-order chi connectivity index (χ1) is 14.1. The van der Waals surface area contributed by atoms with Gasteiger partial charge in [0.25, 0.3) is 0 Å². The Morgan fingerprint density at radius 2 is 1.90 bits per heavy atom. The molecule has 0 unspecified atom stereocenters. The molecule has 1 fully saturated rings. The van der Waals surface area contributed by atoms with E-state index in [1.165, 1.54) is 28.0 Å². The van der Waals surface area contributed by atoms with Crippen LogP contribution in [0.2, 0.25) is 0 Å². The van der Waals surface area contributed by atoms with Crippen molar-refractivity contribution in [3.8, 4) is 0 Å². The van der Waals surface area contributed by atoms with Gasteiger partial charge < -0.3 is 9.55 Å². The molecule has 0 amide bonds. The molecule has 0 atom stereocenters. The van der Waals surface area contributed by atoms with Crippen LogP contribution in [0.1, 0.15) is 55.7 Å². The molecule has 5 heteroatoms. The SMILES string of the molecule is Cc1[nH]c2ccccc2c1CN1CCC(n2c(C(C)C)nc3cccnc32)CC1. The third-order valence-electron chi connectivity index (χ3n) is 6.32. The van der Waals surface area contributed by atoms with Crippen molar-refractivity contribution >= 4 is 22.1 Å². The molecule has 0 aliphatic carbocycles. The van der Waals surface area contributed by atoms with E-state index in [-0.39, 0.29) is 0 Å². The van der Waals surface area contributed by atoms with Gasteiger partial charge in [0, 0.05) is 54.4 Å². The lowest BCUT2D eigenvalue weighted by Crippen LogP contribution is -2.34. The highest BCUT2D eigenvalue weighted by molar-refractivity contribution is 5.84.